The van der Waals surface area contributed by atoms with E-state index < -0.39 is 5.60 Å². The zero-order valence-electron chi connectivity index (χ0n) is 10.1. The summed E-state index contributed by atoms with van der Waals surface area (Å²) >= 11 is 1.79. The molecule has 1 aromatic heterocycles. The lowest BCUT2D eigenvalue weighted by Gasteiger charge is -2.38. The van der Waals surface area contributed by atoms with Crippen molar-refractivity contribution in [2.75, 3.05) is 6.54 Å². The predicted molar refractivity (Wildman–Crippen MR) is 68.7 cm³/mol. The molecule has 1 aromatic rings. The van der Waals surface area contributed by atoms with E-state index in [1.54, 1.807) is 11.3 Å². The largest absolute Gasteiger partial charge is 0.389 e. The van der Waals surface area contributed by atoms with E-state index in [0.29, 0.717) is 12.0 Å². The molecule has 0 saturated heterocycles. The Hall–Kier alpha value is -0.380. The third-order valence-corrected chi connectivity index (χ3v) is 4.41. The summed E-state index contributed by atoms with van der Waals surface area (Å²) in [4.78, 5) is 1.37. The second kappa shape index (κ2) is 4.86. The third kappa shape index (κ3) is 2.65. The van der Waals surface area contributed by atoms with Crippen LogP contribution in [0.1, 0.15) is 44.0 Å². The van der Waals surface area contributed by atoms with Gasteiger partial charge in [-0.1, -0.05) is 19.9 Å². The molecule has 0 bridgehead atoms. The Kier molecular flexibility index (Phi) is 3.67. The van der Waals surface area contributed by atoms with Gasteiger partial charge in [0.05, 0.1) is 5.60 Å². The Morgan fingerprint density at radius 2 is 2.25 bits per heavy atom. The summed E-state index contributed by atoms with van der Waals surface area (Å²) in [6, 6.07) is 4.65. The topological polar surface area (TPSA) is 32.3 Å². The van der Waals surface area contributed by atoms with Gasteiger partial charge in [0.25, 0.3) is 0 Å². The zero-order chi connectivity index (χ0) is 11.6. The molecule has 1 atom stereocenters. The van der Waals surface area contributed by atoms with E-state index in [2.05, 4.69) is 36.7 Å². The van der Waals surface area contributed by atoms with E-state index in [9.17, 15) is 5.11 Å². The molecule has 0 amide bonds. The van der Waals surface area contributed by atoms with Crippen LogP contribution in [-0.4, -0.2) is 17.3 Å². The maximum Gasteiger partial charge on any atom is 0.0771 e. The molecule has 0 radical (unpaired) electrons. The van der Waals surface area contributed by atoms with Crippen molar-refractivity contribution in [1.82, 2.24) is 5.32 Å². The number of hydrogen-bond donors (Lipinski definition) is 2. The first-order valence-electron chi connectivity index (χ1n) is 6.10. The van der Waals surface area contributed by atoms with Crippen LogP contribution in [0.4, 0.5) is 0 Å². The number of hydrogen-bond acceptors (Lipinski definition) is 3. The number of aliphatic hydroxyl groups is 1. The van der Waals surface area contributed by atoms with E-state index >= 15 is 0 Å². The lowest BCUT2D eigenvalue weighted by atomic mass is 9.80. The molecular weight excluding hydrogens is 218 g/mol. The van der Waals surface area contributed by atoms with Crippen molar-refractivity contribution in [3.05, 3.63) is 22.4 Å². The van der Waals surface area contributed by atoms with Gasteiger partial charge < -0.3 is 10.4 Å². The van der Waals surface area contributed by atoms with Gasteiger partial charge in [0.2, 0.25) is 0 Å². The molecule has 1 fully saturated rings. The van der Waals surface area contributed by atoms with Gasteiger partial charge in [-0.15, -0.1) is 11.3 Å². The average Bonchev–Trinajstić information content (AvgIpc) is 2.68. The molecule has 1 saturated carbocycles. The molecule has 16 heavy (non-hydrogen) atoms. The van der Waals surface area contributed by atoms with E-state index in [1.165, 1.54) is 11.3 Å². The Morgan fingerprint density at radius 3 is 2.69 bits per heavy atom. The van der Waals surface area contributed by atoms with Gasteiger partial charge >= 0.3 is 0 Å². The normalized spacial score (nSPS) is 20.8. The van der Waals surface area contributed by atoms with Crippen LogP contribution < -0.4 is 5.32 Å². The van der Waals surface area contributed by atoms with Crippen LogP contribution >= 0.6 is 11.3 Å². The van der Waals surface area contributed by atoms with Crippen molar-refractivity contribution < 1.29 is 5.11 Å². The molecule has 1 aliphatic carbocycles. The highest BCUT2D eigenvalue weighted by Gasteiger charge is 2.34. The summed E-state index contributed by atoms with van der Waals surface area (Å²) < 4.78 is 0. The van der Waals surface area contributed by atoms with E-state index in [4.69, 9.17) is 0 Å². The number of nitrogens with one attached hydrogen (secondary N) is 1. The molecule has 2 N–H and O–H groups in total. The van der Waals surface area contributed by atoms with Crippen molar-refractivity contribution in [3.8, 4) is 0 Å². The Bertz CT molecular complexity index is 317. The lowest BCUT2D eigenvalue weighted by molar-refractivity contribution is -0.0341. The highest BCUT2D eigenvalue weighted by atomic mass is 32.1. The minimum Gasteiger partial charge on any atom is -0.389 e. The van der Waals surface area contributed by atoms with Crippen LogP contribution in [0.15, 0.2) is 17.5 Å². The first-order chi connectivity index (χ1) is 7.61. The average molecular weight is 239 g/mol. The highest BCUT2D eigenvalue weighted by Crippen LogP contribution is 2.32. The monoisotopic (exact) mass is 239 g/mol. The predicted octanol–water partition coefficient (Wildman–Crippen LogP) is 2.95. The lowest BCUT2D eigenvalue weighted by Crippen LogP contribution is -2.47. The fourth-order valence-electron chi connectivity index (χ4n) is 2.19. The van der Waals surface area contributed by atoms with Gasteiger partial charge in [-0.05, 0) is 36.6 Å². The maximum absolute atomic E-state index is 10.1. The first-order valence-corrected chi connectivity index (χ1v) is 6.98. The highest BCUT2D eigenvalue weighted by molar-refractivity contribution is 7.10. The SMILES string of the molecule is CC(C)C(NCC1(O)CCC1)c1cccs1. The molecule has 1 aliphatic rings. The summed E-state index contributed by atoms with van der Waals surface area (Å²) in [6.07, 6.45) is 3.08. The van der Waals surface area contributed by atoms with Gasteiger partial charge in [-0.3, -0.25) is 0 Å². The number of thiophene rings is 1. The minimum absolute atomic E-state index is 0.379. The molecule has 1 heterocycles. The van der Waals surface area contributed by atoms with E-state index in [1.807, 2.05) is 0 Å². The van der Waals surface area contributed by atoms with Crippen LogP contribution in [0.25, 0.3) is 0 Å². The third-order valence-electron chi connectivity index (χ3n) is 3.45. The summed E-state index contributed by atoms with van der Waals surface area (Å²) in [5.41, 5.74) is -0.426. The zero-order valence-corrected chi connectivity index (χ0v) is 10.9. The molecule has 0 spiro atoms. The summed E-state index contributed by atoms with van der Waals surface area (Å²) in [5.74, 6) is 0.558. The van der Waals surface area contributed by atoms with Gasteiger partial charge in [-0.2, -0.15) is 0 Å². The van der Waals surface area contributed by atoms with E-state index in [-0.39, 0.29) is 0 Å². The molecule has 0 aromatic carbocycles. The van der Waals surface area contributed by atoms with Crippen molar-refractivity contribution in [3.63, 3.8) is 0 Å². The van der Waals surface area contributed by atoms with Crippen molar-refractivity contribution in [1.29, 1.82) is 0 Å². The van der Waals surface area contributed by atoms with Crippen LogP contribution in [0.2, 0.25) is 0 Å². The van der Waals surface area contributed by atoms with Crippen molar-refractivity contribution in [2.24, 2.45) is 5.92 Å². The fraction of sp³-hybridized carbons (Fsp3) is 0.692. The van der Waals surface area contributed by atoms with Gasteiger partial charge in [0.15, 0.2) is 0 Å². The van der Waals surface area contributed by atoms with Gasteiger partial charge in [-0.25, -0.2) is 0 Å². The van der Waals surface area contributed by atoms with Crippen LogP contribution in [0.3, 0.4) is 0 Å². The van der Waals surface area contributed by atoms with Crippen LogP contribution in [0, 0.1) is 5.92 Å². The number of rotatable bonds is 5. The van der Waals surface area contributed by atoms with Crippen LogP contribution in [-0.2, 0) is 0 Å². The molecule has 90 valence electrons. The molecular formula is C13H21NOS. The second-order valence-electron chi connectivity index (χ2n) is 5.20. The molecule has 2 rings (SSSR count). The fourth-order valence-corrected chi connectivity index (χ4v) is 3.17. The quantitative estimate of drug-likeness (QED) is 0.828. The van der Waals surface area contributed by atoms with Crippen molar-refractivity contribution >= 4 is 11.3 Å². The smallest absolute Gasteiger partial charge is 0.0771 e. The molecule has 3 heteroatoms. The van der Waals surface area contributed by atoms with E-state index in [0.717, 1.165) is 19.4 Å². The Morgan fingerprint density at radius 1 is 1.50 bits per heavy atom. The molecule has 0 aliphatic heterocycles. The summed E-state index contributed by atoms with van der Waals surface area (Å²) in [6.45, 7) is 5.18. The molecule has 2 nitrogen and oxygen atoms in total. The standard InChI is InChI=1S/C13H21NOS/c1-10(2)12(11-5-3-8-16-11)14-9-13(15)6-4-7-13/h3,5,8,10,12,14-15H,4,6-7,9H2,1-2H3. The van der Waals surface area contributed by atoms with Gasteiger partial charge in [0.1, 0.15) is 0 Å². The summed E-state index contributed by atoms with van der Waals surface area (Å²) in [7, 11) is 0. The Labute approximate surface area is 102 Å². The molecule has 1 unspecified atom stereocenters. The van der Waals surface area contributed by atoms with Gasteiger partial charge in [0, 0.05) is 17.5 Å². The van der Waals surface area contributed by atoms with Crippen molar-refractivity contribution in [2.45, 2.75) is 44.8 Å². The Balaban J connectivity index is 1.93. The second-order valence-corrected chi connectivity index (χ2v) is 6.18. The maximum atomic E-state index is 10.1. The summed E-state index contributed by atoms with van der Waals surface area (Å²) in [5, 5.41) is 15.7. The first kappa shape index (κ1) is 12.1. The van der Waals surface area contributed by atoms with Crippen LogP contribution in [0.5, 0.6) is 0 Å². The minimum atomic E-state index is -0.426.